The van der Waals surface area contributed by atoms with Gasteiger partial charge in [-0.05, 0) is 119 Å². The van der Waals surface area contributed by atoms with Crippen molar-refractivity contribution in [1.82, 2.24) is 0 Å². The Bertz CT molecular complexity index is 1560. The number of hydrogen-bond acceptors (Lipinski definition) is 3. The summed E-state index contributed by atoms with van der Waals surface area (Å²) in [6.45, 7) is 4.83. The first-order chi connectivity index (χ1) is 19.6. The summed E-state index contributed by atoms with van der Waals surface area (Å²) in [7, 11) is 3.78. The Hall–Kier alpha value is -1.36. The van der Waals surface area contributed by atoms with E-state index in [1.165, 1.54) is 21.0 Å². The van der Waals surface area contributed by atoms with Crippen molar-refractivity contribution >= 4 is 66.0 Å². The summed E-state index contributed by atoms with van der Waals surface area (Å²) >= 11 is 10.5. The number of benzene rings is 4. The summed E-state index contributed by atoms with van der Waals surface area (Å²) in [5.74, 6) is 0.479. The molecule has 9 heteroatoms. The molecule has 1 N–H and O–H groups in total. The maximum absolute atomic E-state index is 15.4. The number of aliphatic hydroxyl groups is 1. The molecule has 0 aliphatic heterocycles. The number of halogens is 5. The summed E-state index contributed by atoms with van der Waals surface area (Å²) < 4.78 is 41.7. The smallest absolute Gasteiger partial charge is 0.184 e. The zero-order valence-electron chi connectivity index (χ0n) is 23.6. The number of rotatable bonds is 10. The van der Waals surface area contributed by atoms with Crippen molar-refractivity contribution in [3.05, 3.63) is 132 Å². The molecular weight excluding hydrogens is 803 g/mol. The second-order valence-corrected chi connectivity index (χ2v) is 15.3. The van der Waals surface area contributed by atoms with Crippen molar-refractivity contribution in [2.24, 2.45) is 0 Å². The fraction of sp³-hybridized carbons (Fsp3) is 0.273. The average molecular weight is 835 g/mol. The first kappa shape index (κ1) is 33.5. The van der Waals surface area contributed by atoms with Crippen LogP contribution in [-0.4, -0.2) is 12.2 Å². The summed E-state index contributed by atoms with van der Waals surface area (Å²) in [5.41, 5.74) is 2.90. The van der Waals surface area contributed by atoms with Gasteiger partial charge in [-0.15, -0.1) is 0 Å². The van der Waals surface area contributed by atoms with E-state index in [1.54, 1.807) is 65.1 Å². The highest BCUT2D eigenvalue weighted by molar-refractivity contribution is 14.1. The van der Waals surface area contributed by atoms with Crippen LogP contribution in [0.2, 0.25) is 5.02 Å². The van der Waals surface area contributed by atoms with E-state index in [1.807, 2.05) is 49.4 Å². The van der Waals surface area contributed by atoms with Crippen LogP contribution in [-0.2, 0) is 25.8 Å². The summed E-state index contributed by atoms with van der Waals surface area (Å²) in [6.07, 6.45) is -1.19. The fourth-order valence-electron chi connectivity index (χ4n) is 4.94. The molecule has 3 unspecified atom stereocenters. The summed E-state index contributed by atoms with van der Waals surface area (Å²) in [4.78, 5) is 0. The lowest BCUT2D eigenvalue weighted by molar-refractivity contribution is -0.178. The second kappa shape index (κ2) is 13.3. The van der Waals surface area contributed by atoms with Gasteiger partial charge in [0.15, 0.2) is 9.97 Å². The van der Waals surface area contributed by atoms with Gasteiger partial charge in [0.25, 0.3) is 0 Å². The quantitative estimate of drug-likeness (QED) is 0.0749. The minimum absolute atomic E-state index is 0.278. The van der Waals surface area contributed by atoms with Crippen LogP contribution in [0.1, 0.15) is 59.1 Å². The Morgan fingerprint density at radius 3 is 2.19 bits per heavy atom. The highest BCUT2D eigenvalue weighted by Crippen LogP contribution is 2.46. The molecule has 3 nitrogen and oxygen atoms in total. The Morgan fingerprint density at radius 2 is 1.60 bits per heavy atom. The fourth-order valence-corrected chi connectivity index (χ4v) is 7.17. The molecular formula is C33H32ClF2I2O3P. The van der Waals surface area contributed by atoms with E-state index in [0.717, 1.165) is 14.7 Å². The lowest BCUT2D eigenvalue weighted by Crippen LogP contribution is -2.36. The molecule has 4 aromatic carbocycles. The topological polar surface area (TPSA) is 38.7 Å². The number of hydrogen-bond donors (Lipinski definition) is 1. The predicted octanol–water partition coefficient (Wildman–Crippen LogP) is 10.1. The normalized spacial score (nSPS) is 16.6. The standard InChI is InChI=1S/C33H32ClF2I2O3P/c1-20-14-24(32(3,36)42)17-25(15-20)33(19-21-8-6-5-7-9-21,23-11-13-29(40-4)27(34)18-23)41-30(39)22-10-12-28(37)26(16-22)31(2,35)38/h5-18,30,39H,19,42H2,1-4H3/t30?,31-,32?,33-/m1/s1. The van der Waals surface area contributed by atoms with Crippen molar-refractivity contribution in [3.63, 3.8) is 0 Å². The third-order valence-electron chi connectivity index (χ3n) is 7.08. The van der Waals surface area contributed by atoms with E-state index in [-0.39, 0.29) is 6.42 Å². The third kappa shape index (κ3) is 7.64. The molecule has 0 aliphatic carbocycles. The molecule has 0 heterocycles. The van der Waals surface area contributed by atoms with E-state index in [9.17, 15) is 5.11 Å². The van der Waals surface area contributed by atoms with Gasteiger partial charge in [-0.1, -0.05) is 81.0 Å². The molecule has 4 aromatic rings. The number of alkyl halides is 3. The number of ether oxygens (including phenoxy) is 2. The Kier molecular flexibility index (Phi) is 10.6. The average Bonchev–Trinajstić information content (AvgIpc) is 2.92. The maximum Gasteiger partial charge on any atom is 0.184 e. The molecule has 42 heavy (non-hydrogen) atoms. The van der Waals surface area contributed by atoms with Gasteiger partial charge in [0, 0.05) is 21.1 Å². The first-order valence-electron chi connectivity index (χ1n) is 13.2. The molecule has 0 bridgehead atoms. The van der Waals surface area contributed by atoms with Gasteiger partial charge in [-0.3, -0.25) is 0 Å². The van der Waals surface area contributed by atoms with Crippen LogP contribution in [0, 0.1) is 10.5 Å². The molecule has 222 valence electrons. The molecule has 0 aliphatic rings. The SMILES string of the molecule is COc1ccc([C@@](Cc2ccccc2)(OC(O)c2ccc(I)c([C@](C)(F)I)c2)c2cc(C)cc(C(C)(F)P)c2)cc1Cl. The Balaban J connectivity index is 2.01. The van der Waals surface area contributed by atoms with Gasteiger partial charge in [-0.25, -0.2) is 8.78 Å². The van der Waals surface area contributed by atoms with E-state index >= 15 is 8.78 Å². The highest BCUT2D eigenvalue weighted by atomic mass is 127. The van der Waals surface area contributed by atoms with Crippen molar-refractivity contribution in [3.8, 4) is 5.75 Å². The molecule has 0 saturated carbocycles. The largest absolute Gasteiger partial charge is 0.495 e. The van der Waals surface area contributed by atoms with Crippen LogP contribution < -0.4 is 4.74 Å². The monoisotopic (exact) mass is 834 g/mol. The number of methoxy groups -OCH3 is 1. The van der Waals surface area contributed by atoms with Gasteiger partial charge in [0.05, 0.1) is 12.1 Å². The molecule has 0 radical (unpaired) electrons. The highest BCUT2D eigenvalue weighted by Gasteiger charge is 2.40. The van der Waals surface area contributed by atoms with Gasteiger partial charge < -0.3 is 14.6 Å². The van der Waals surface area contributed by atoms with E-state index in [2.05, 4.69) is 31.8 Å². The van der Waals surface area contributed by atoms with Crippen molar-refractivity contribution < 1.29 is 23.4 Å². The second-order valence-electron chi connectivity index (χ2n) is 10.6. The Labute approximate surface area is 280 Å². The third-order valence-corrected chi connectivity index (χ3v) is 9.23. The zero-order chi connectivity index (χ0) is 30.9. The number of aryl methyl sites for hydroxylation is 1. The number of aliphatic hydroxyl groups excluding tert-OH is 1. The van der Waals surface area contributed by atoms with Crippen LogP contribution in [0.4, 0.5) is 8.78 Å². The van der Waals surface area contributed by atoms with Crippen molar-refractivity contribution in [2.45, 2.75) is 48.2 Å². The van der Waals surface area contributed by atoms with Crippen LogP contribution in [0.3, 0.4) is 0 Å². The van der Waals surface area contributed by atoms with Gasteiger partial charge >= 0.3 is 0 Å². The van der Waals surface area contributed by atoms with Crippen LogP contribution in [0.5, 0.6) is 5.75 Å². The van der Waals surface area contributed by atoms with Gasteiger partial charge in [-0.2, -0.15) is 0 Å². The molecule has 0 amide bonds. The molecule has 0 saturated heterocycles. The first-order valence-corrected chi connectivity index (χ1v) is 16.3. The van der Waals surface area contributed by atoms with Crippen LogP contribution in [0.15, 0.2) is 84.9 Å². The Morgan fingerprint density at radius 1 is 0.929 bits per heavy atom. The van der Waals surface area contributed by atoms with E-state index in [4.69, 9.17) is 21.1 Å². The molecule has 4 rings (SSSR count). The minimum atomic E-state index is -1.72. The van der Waals surface area contributed by atoms with E-state index < -0.39 is 21.0 Å². The molecule has 0 fully saturated rings. The predicted molar refractivity (Wildman–Crippen MR) is 186 cm³/mol. The molecule has 0 aromatic heterocycles. The lowest BCUT2D eigenvalue weighted by atomic mass is 9.79. The van der Waals surface area contributed by atoms with Crippen molar-refractivity contribution in [1.29, 1.82) is 0 Å². The van der Waals surface area contributed by atoms with Crippen LogP contribution in [0.25, 0.3) is 0 Å². The summed E-state index contributed by atoms with van der Waals surface area (Å²) in [5, 5.41) is 10.4. The molecule has 0 spiro atoms. The molecule has 5 atom stereocenters. The maximum atomic E-state index is 15.4. The van der Waals surface area contributed by atoms with Crippen LogP contribution >= 0.6 is 66.0 Å². The van der Waals surface area contributed by atoms with E-state index in [0.29, 0.717) is 38.6 Å². The van der Waals surface area contributed by atoms with Gasteiger partial charge in [0.1, 0.15) is 16.8 Å². The van der Waals surface area contributed by atoms with Crippen molar-refractivity contribution in [2.75, 3.05) is 7.11 Å². The van der Waals surface area contributed by atoms with Gasteiger partial charge in [0.2, 0.25) is 0 Å². The summed E-state index contributed by atoms with van der Waals surface area (Å²) in [6, 6.07) is 25.6. The zero-order valence-corrected chi connectivity index (χ0v) is 29.8. The minimum Gasteiger partial charge on any atom is -0.495 e. The lowest BCUT2D eigenvalue weighted by Gasteiger charge is -2.38.